The third kappa shape index (κ3) is 5.63. The molecule has 0 saturated heterocycles. The van der Waals surface area contributed by atoms with Crippen molar-refractivity contribution in [3.05, 3.63) is 81.8 Å². The smallest absolute Gasteiger partial charge is 0.243 e. The number of hydrogen-bond donors (Lipinski definition) is 0. The van der Waals surface area contributed by atoms with Crippen LogP contribution in [-0.4, -0.2) is 49.3 Å². The minimum atomic E-state index is -3.88. The van der Waals surface area contributed by atoms with Crippen LogP contribution in [0.25, 0.3) is 0 Å². The normalized spacial score (nSPS) is 16.6. The number of sulfonamides is 1. The zero-order chi connectivity index (χ0) is 25.9. The monoisotopic (exact) mass is 530 g/mol. The van der Waals surface area contributed by atoms with Gasteiger partial charge >= 0.3 is 0 Å². The van der Waals surface area contributed by atoms with Gasteiger partial charge in [0.15, 0.2) is 0 Å². The van der Waals surface area contributed by atoms with E-state index in [1.807, 2.05) is 32.2 Å². The van der Waals surface area contributed by atoms with Gasteiger partial charge in [0.1, 0.15) is 18.2 Å². The Labute approximate surface area is 216 Å². The Morgan fingerprint density at radius 1 is 1.22 bits per heavy atom. The van der Waals surface area contributed by atoms with Gasteiger partial charge in [-0.1, -0.05) is 30.7 Å². The number of carbonyl (C=O) groups is 1. The number of amides is 1. The van der Waals surface area contributed by atoms with Gasteiger partial charge in [0.05, 0.1) is 17.5 Å². The number of nitrogens with zero attached hydrogens (tertiary/aromatic N) is 2. The minimum Gasteiger partial charge on any atom is -0.491 e. The van der Waals surface area contributed by atoms with Crippen LogP contribution < -0.4 is 4.74 Å². The molecule has 0 fully saturated rings. The molecular formula is C27H31FN2O4S2. The molecule has 0 N–H and O–H groups in total. The fraction of sp³-hybridized carbons (Fsp3) is 0.370. The first-order chi connectivity index (χ1) is 17.2. The second kappa shape index (κ2) is 11.1. The topological polar surface area (TPSA) is 66.9 Å². The van der Waals surface area contributed by atoms with Crippen LogP contribution in [0.15, 0.2) is 64.9 Å². The molecule has 3 aromatic rings. The molecule has 6 nitrogen and oxygen atoms in total. The molecule has 4 rings (SSSR count). The van der Waals surface area contributed by atoms with Crippen molar-refractivity contribution in [2.45, 2.75) is 50.6 Å². The summed E-state index contributed by atoms with van der Waals surface area (Å²) in [4.78, 5) is 16.7. The second-order valence-corrected chi connectivity index (χ2v) is 11.9. The Hall–Kier alpha value is -2.75. The minimum absolute atomic E-state index is 0.146. The van der Waals surface area contributed by atoms with E-state index in [1.165, 1.54) is 21.3 Å². The number of benzene rings is 2. The van der Waals surface area contributed by atoms with Crippen LogP contribution in [0.4, 0.5) is 4.39 Å². The maximum atomic E-state index is 13.7. The lowest BCUT2D eigenvalue weighted by Crippen LogP contribution is -2.49. The summed E-state index contributed by atoms with van der Waals surface area (Å²) in [5.41, 5.74) is 1.95. The zero-order valence-electron chi connectivity index (χ0n) is 20.7. The third-order valence-corrected chi connectivity index (χ3v) is 9.59. The average Bonchev–Trinajstić information content (AvgIpc) is 3.34. The van der Waals surface area contributed by atoms with E-state index in [9.17, 15) is 17.6 Å². The lowest BCUT2D eigenvalue weighted by atomic mass is 10.0. The highest BCUT2D eigenvalue weighted by molar-refractivity contribution is 7.89. The quantitative estimate of drug-likeness (QED) is 0.382. The van der Waals surface area contributed by atoms with Crippen LogP contribution in [-0.2, 0) is 21.2 Å². The van der Waals surface area contributed by atoms with Crippen molar-refractivity contribution in [3.63, 3.8) is 0 Å². The SMILES string of the molecule is CCC(C)N(CC(=O)N1CCc2sccc2C1COc1cccc(F)c1)S(=O)(=O)c1ccc(C)cc1. The summed E-state index contributed by atoms with van der Waals surface area (Å²) in [6, 6.07) is 13.8. The molecule has 2 atom stereocenters. The maximum absolute atomic E-state index is 13.7. The molecule has 0 bridgehead atoms. The molecule has 36 heavy (non-hydrogen) atoms. The largest absolute Gasteiger partial charge is 0.491 e. The third-order valence-electron chi connectivity index (χ3n) is 6.62. The van der Waals surface area contributed by atoms with E-state index in [0.717, 1.165) is 11.1 Å². The first-order valence-corrected chi connectivity index (χ1v) is 14.3. The molecule has 0 spiro atoms. The molecule has 2 aromatic carbocycles. The van der Waals surface area contributed by atoms with E-state index in [-0.39, 0.29) is 30.0 Å². The van der Waals surface area contributed by atoms with Crippen molar-refractivity contribution in [3.8, 4) is 5.75 Å². The highest BCUT2D eigenvalue weighted by atomic mass is 32.2. The molecule has 0 saturated carbocycles. The molecule has 1 aromatic heterocycles. The van der Waals surface area contributed by atoms with Crippen molar-refractivity contribution in [2.75, 3.05) is 19.7 Å². The van der Waals surface area contributed by atoms with E-state index >= 15 is 0 Å². The predicted molar refractivity (Wildman–Crippen MR) is 139 cm³/mol. The van der Waals surface area contributed by atoms with Crippen LogP contribution in [0.3, 0.4) is 0 Å². The van der Waals surface area contributed by atoms with Crippen molar-refractivity contribution >= 4 is 27.3 Å². The number of halogens is 1. The Bertz CT molecular complexity index is 1310. The number of aryl methyl sites for hydroxylation is 1. The standard InChI is InChI=1S/C27H31FN2O4S2/c1-4-20(3)30(36(32,33)23-10-8-19(2)9-11-23)17-27(31)29-14-12-26-24(13-15-35-26)25(29)18-34-22-7-5-6-21(28)16-22/h5-11,13,15-16,20,25H,4,12,14,17-18H2,1-3H3. The summed E-state index contributed by atoms with van der Waals surface area (Å²) >= 11 is 1.63. The molecule has 1 aliphatic rings. The molecule has 9 heteroatoms. The summed E-state index contributed by atoms with van der Waals surface area (Å²) in [7, 11) is -3.88. The van der Waals surface area contributed by atoms with Gasteiger partial charge in [-0.05, 0) is 68.0 Å². The summed E-state index contributed by atoms with van der Waals surface area (Å²) in [6.45, 7) is 5.96. The number of ether oxygens (including phenoxy) is 1. The molecule has 1 aliphatic heterocycles. The summed E-state index contributed by atoms with van der Waals surface area (Å²) in [5.74, 6) is -0.297. The molecule has 2 unspecified atom stereocenters. The lowest BCUT2D eigenvalue weighted by molar-refractivity contribution is -0.135. The Kier molecular flexibility index (Phi) is 8.12. The van der Waals surface area contributed by atoms with Gasteiger partial charge in [0.2, 0.25) is 15.9 Å². The van der Waals surface area contributed by atoms with Crippen molar-refractivity contribution in [2.24, 2.45) is 0 Å². The first kappa shape index (κ1) is 26.3. The zero-order valence-corrected chi connectivity index (χ0v) is 22.3. The predicted octanol–water partition coefficient (Wildman–Crippen LogP) is 5.19. The van der Waals surface area contributed by atoms with Crippen molar-refractivity contribution in [1.82, 2.24) is 9.21 Å². The van der Waals surface area contributed by atoms with Crippen LogP contribution in [0.1, 0.15) is 42.3 Å². The van der Waals surface area contributed by atoms with E-state index in [0.29, 0.717) is 25.1 Å². The van der Waals surface area contributed by atoms with Gasteiger partial charge < -0.3 is 9.64 Å². The maximum Gasteiger partial charge on any atom is 0.243 e. The molecule has 1 amide bonds. The fourth-order valence-electron chi connectivity index (χ4n) is 4.36. The van der Waals surface area contributed by atoms with E-state index in [4.69, 9.17) is 4.74 Å². The number of hydrogen-bond acceptors (Lipinski definition) is 5. The van der Waals surface area contributed by atoms with Crippen molar-refractivity contribution in [1.29, 1.82) is 0 Å². The van der Waals surface area contributed by atoms with Crippen LogP contribution in [0, 0.1) is 12.7 Å². The first-order valence-electron chi connectivity index (χ1n) is 12.0. The second-order valence-electron chi connectivity index (χ2n) is 9.04. The van der Waals surface area contributed by atoms with Gasteiger partial charge in [-0.2, -0.15) is 4.31 Å². The lowest BCUT2D eigenvalue weighted by Gasteiger charge is -2.37. The molecular weight excluding hydrogens is 499 g/mol. The molecule has 2 heterocycles. The van der Waals surface area contributed by atoms with Crippen LogP contribution in [0.5, 0.6) is 5.75 Å². The number of carbonyl (C=O) groups excluding carboxylic acids is 1. The van der Waals surface area contributed by atoms with Gasteiger partial charge in [-0.3, -0.25) is 4.79 Å². The van der Waals surface area contributed by atoms with Crippen molar-refractivity contribution < 1.29 is 22.3 Å². The summed E-state index contributed by atoms with van der Waals surface area (Å²) < 4.78 is 47.9. The summed E-state index contributed by atoms with van der Waals surface area (Å²) in [6.07, 6.45) is 1.27. The molecule has 0 radical (unpaired) electrons. The number of thiophene rings is 1. The van der Waals surface area contributed by atoms with Gasteiger partial charge in [-0.15, -0.1) is 11.3 Å². The number of fused-ring (bicyclic) bond motifs is 1. The van der Waals surface area contributed by atoms with Gasteiger partial charge in [0, 0.05) is 23.5 Å². The Balaban J connectivity index is 1.59. The van der Waals surface area contributed by atoms with Gasteiger partial charge in [0.25, 0.3) is 0 Å². The molecule has 192 valence electrons. The van der Waals surface area contributed by atoms with E-state index < -0.39 is 21.9 Å². The Morgan fingerprint density at radius 3 is 2.67 bits per heavy atom. The highest BCUT2D eigenvalue weighted by Gasteiger charge is 2.36. The Morgan fingerprint density at radius 2 is 1.97 bits per heavy atom. The van der Waals surface area contributed by atoms with Crippen LogP contribution in [0.2, 0.25) is 0 Å². The average molecular weight is 531 g/mol. The van der Waals surface area contributed by atoms with Crippen LogP contribution >= 0.6 is 11.3 Å². The fourth-order valence-corrected chi connectivity index (χ4v) is 6.94. The summed E-state index contributed by atoms with van der Waals surface area (Å²) in [5, 5.41) is 1.99. The van der Waals surface area contributed by atoms with E-state index in [2.05, 4.69) is 0 Å². The highest BCUT2D eigenvalue weighted by Crippen LogP contribution is 2.34. The molecule has 0 aliphatic carbocycles. The number of rotatable bonds is 9. The van der Waals surface area contributed by atoms with E-state index in [1.54, 1.807) is 52.6 Å². The van der Waals surface area contributed by atoms with Gasteiger partial charge in [-0.25, -0.2) is 12.8 Å².